The van der Waals surface area contributed by atoms with E-state index in [4.69, 9.17) is 48.4 Å². The van der Waals surface area contributed by atoms with Crippen molar-refractivity contribution in [2.45, 2.75) is 32.5 Å². The van der Waals surface area contributed by atoms with E-state index in [0.717, 1.165) is 22.0 Å². The minimum Gasteiger partial charge on any atom is -0.496 e. The Labute approximate surface area is 237 Å². The first-order chi connectivity index (χ1) is 18.7. The van der Waals surface area contributed by atoms with Crippen molar-refractivity contribution in [1.82, 2.24) is 15.1 Å². The zero-order chi connectivity index (χ0) is 29.2. The van der Waals surface area contributed by atoms with Gasteiger partial charge in [0.15, 0.2) is 5.82 Å². The van der Waals surface area contributed by atoms with Gasteiger partial charge < -0.3 is 30.7 Å². The fourth-order valence-electron chi connectivity index (χ4n) is 3.72. The first-order valence-electron chi connectivity index (χ1n) is 11.6. The second-order valence-electron chi connectivity index (χ2n) is 8.81. The Morgan fingerprint density at radius 2 is 1.67 bits per heavy atom. The molecule has 0 aliphatic heterocycles. The van der Waals surface area contributed by atoms with Crippen LogP contribution in [0.1, 0.15) is 25.0 Å². The average molecular weight is 572 g/mol. The molecular weight excluding hydrogens is 541 g/mol. The first-order valence-corrected chi connectivity index (χ1v) is 12.4. The molecule has 4 aromatic rings. The molecule has 0 aliphatic carbocycles. The summed E-state index contributed by atoms with van der Waals surface area (Å²) in [7, 11) is 1.63. The lowest BCUT2D eigenvalue weighted by Crippen LogP contribution is -2.48. The summed E-state index contributed by atoms with van der Waals surface area (Å²) < 4.78 is 7.52. The minimum absolute atomic E-state index is 0.205. The lowest BCUT2D eigenvalue weighted by atomic mass is 10.1. The van der Waals surface area contributed by atoms with E-state index in [1.807, 2.05) is 72.9 Å². The van der Waals surface area contributed by atoms with E-state index in [1.54, 1.807) is 27.0 Å². The maximum atomic E-state index is 12.1. The topological polar surface area (TPSA) is 128 Å². The number of hydrogen-bond donors (Lipinski definition) is 3. The molecule has 11 heteroatoms. The quantitative estimate of drug-likeness (QED) is 0.267. The number of benzene rings is 3. The molecular formula is C28H31Cl2N5O4. The molecule has 9 nitrogen and oxygen atoms in total. The van der Waals surface area contributed by atoms with Crippen LogP contribution in [-0.4, -0.2) is 41.9 Å². The van der Waals surface area contributed by atoms with Crippen LogP contribution in [0.15, 0.2) is 60.7 Å². The maximum Gasteiger partial charge on any atom is 0.239 e. The summed E-state index contributed by atoms with van der Waals surface area (Å²) in [5, 5.41) is 12.7. The Morgan fingerprint density at radius 3 is 2.33 bits per heavy atom. The lowest BCUT2D eigenvalue weighted by molar-refractivity contribution is -0.125. The van der Waals surface area contributed by atoms with Gasteiger partial charge in [-0.2, -0.15) is 5.10 Å². The molecule has 0 saturated heterocycles. The molecule has 39 heavy (non-hydrogen) atoms. The third-order valence-electron chi connectivity index (χ3n) is 5.53. The van der Waals surface area contributed by atoms with E-state index in [1.165, 1.54) is 0 Å². The van der Waals surface area contributed by atoms with Crippen LogP contribution in [0.25, 0.3) is 10.9 Å². The number of carbonyl (C=O) groups excluding carboxylic acids is 3. The monoisotopic (exact) mass is 571 g/mol. The molecule has 0 atom stereocenters. The summed E-state index contributed by atoms with van der Waals surface area (Å²) in [5.41, 5.74) is 8.49. The molecule has 0 spiro atoms. The molecule has 1 heterocycles. The zero-order valence-corrected chi connectivity index (χ0v) is 23.5. The van der Waals surface area contributed by atoms with Crippen LogP contribution >= 0.6 is 23.2 Å². The number of nitrogens with one attached hydrogen (secondary N) is 2. The Morgan fingerprint density at radius 1 is 1.03 bits per heavy atom. The third-order valence-corrected chi connectivity index (χ3v) is 6.35. The number of nitrogens with zero attached hydrogens (tertiary/aromatic N) is 2. The average Bonchev–Trinajstić information content (AvgIpc) is 3.28. The van der Waals surface area contributed by atoms with Crippen LogP contribution < -0.4 is 21.1 Å². The van der Waals surface area contributed by atoms with E-state index in [2.05, 4.69) is 10.6 Å². The van der Waals surface area contributed by atoms with Crippen molar-refractivity contribution in [3.8, 4) is 5.75 Å². The van der Waals surface area contributed by atoms with Crippen molar-refractivity contribution < 1.29 is 19.1 Å². The molecule has 0 saturated carbocycles. The molecule has 0 unspecified atom stereocenters. The number of halogens is 2. The van der Waals surface area contributed by atoms with Gasteiger partial charge in [-0.05, 0) is 49.2 Å². The fraction of sp³-hybridized carbons (Fsp3) is 0.214. The molecule has 1 aromatic heterocycles. The van der Waals surface area contributed by atoms with Gasteiger partial charge in [-0.3, -0.25) is 9.48 Å². The van der Waals surface area contributed by atoms with Crippen LogP contribution in [-0.2, 0) is 27.5 Å². The molecule has 0 fully saturated rings. The number of ether oxygens (including phenoxy) is 1. The van der Waals surface area contributed by atoms with Gasteiger partial charge in [0, 0.05) is 6.54 Å². The lowest BCUT2D eigenvalue weighted by Gasteiger charge is -2.18. The second kappa shape index (κ2) is 14.3. The van der Waals surface area contributed by atoms with E-state index in [9.17, 15) is 4.79 Å². The number of fused-ring (bicyclic) bond motifs is 1. The highest BCUT2D eigenvalue weighted by Crippen LogP contribution is 2.37. The van der Waals surface area contributed by atoms with Crippen molar-refractivity contribution in [3.05, 3.63) is 81.8 Å². The number of carbonyl (C=O) groups is 3. The highest BCUT2D eigenvalue weighted by atomic mass is 35.5. The summed E-state index contributed by atoms with van der Waals surface area (Å²) in [6.45, 7) is 8.26. The number of amides is 1. The van der Waals surface area contributed by atoms with Gasteiger partial charge in [0.2, 0.25) is 5.91 Å². The van der Waals surface area contributed by atoms with Gasteiger partial charge in [-0.1, -0.05) is 59.6 Å². The van der Waals surface area contributed by atoms with Crippen molar-refractivity contribution in [1.29, 1.82) is 0 Å². The van der Waals surface area contributed by atoms with Gasteiger partial charge in [0.05, 0.1) is 45.8 Å². The van der Waals surface area contributed by atoms with E-state index < -0.39 is 5.54 Å². The highest BCUT2D eigenvalue weighted by Gasteiger charge is 2.21. The van der Waals surface area contributed by atoms with Crippen molar-refractivity contribution >= 4 is 65.1 Å². The minimum atomic E-state index is -0.931. The fourth-order valence-corrected chi connectivity index (χ4v) is 4.07. The van der Waals surface area contributed by atoms with Crippen molar-refractivity contribution in [2.75, 3.05) is 12.4 Å². The van der Waals surface area contributed by atoms with Crippen LogP contribution in [0.4, 0.5) is 11.5 Å². The van der Waals surface area contributed by atoms with Gasteiger partial charge >= 0.3 is 0 Å². The summed E-state index contributed by atoms with van der Waals surface area (Å²) >= 11 is 12.6. The third kappa shape index (κ3) is 7.79. The maximum absolute atomic E-state index is 12.1. The predicted molar refractivity (Wildman–Crippen MR) is 156 cm³/mol. The Balaban J connectivity index is 0.00000127. The summed E-state index contributed by atoms with van der Waals surface area (Å²) in [6.07, 6.45) is 0. The smallest absolute Gasteiger partial charge is 0.239 e. The predicted octanol–water partition coefficient (Wildman–Crippen LogP) is 5.13. The van der Waals surface area contributed by atoms with E-state index in [0.29, 0.717) is 40.4 Å². The number of methoxy groups -OCH3 is 1. The largest absolute Gasteiger partial charge is 0.496 e. The zero-order valence-electron chi connectivity index (χ0n) is 22.0. The summed E-state index contributed by atoms with van der Waals surface area (Å²) in [5.74, 6) is 1.09. The van der Waals surface area contributed by atoms with Gasteiger partial charge in [0.25, 0.3) is 0 Å². The van der Waals surface area contributed by atoms with Crippen LogP contribution in [0.2, 0.25) is 10.0 Å². The molecule has 1 amide bonds. The molecule has 4 N–H and O–H groups in total. The van der Waals surface area contributed by atoms with Gasteiger partial charge in [0.1, 0.15) is 19.3 Å². The molecule has 0 aliphatic rings. The molecule has 206 valence electrons. The van der Waals surface area contributed by atoms with Crippen LogP contribution in [0, 0.1) is 0 Å². The molecule has 3 aromatic carbocycles. The highest BCUT2D eigenvalue weighted by molar-refractivity contribution is 6.43. The SMILES string of the molecule is C=O.C=O.COc1cccc2c1c(Nc1cccc(Cl)c1Cl)nn2Cc1cccc(CNC(=O)C(C)(C)N)c1. The number of rotatable bonds is 8. The number of hydrogen-bond acceptors (Lipinski definition) is 7. The summed E-state index contributed by atoms with van der Waals surface area (Å²) in [6, 6.07) is 19.2. The van der Waals surface area contributed by atoms with E-state index in [-0.39, 0.29) is 5.91 Å². The van der Waals surface area contributed by atoms with Crippen LogP contribution in [0.5, 0.6) is 5.75 Å². The normalized spacial score (nSPS) is 10.5. The van der Waals surface area contributed by atoms with Crippen LogP contribution in [0.3, 0.4) is 0 Å². The number of nitrogens with two attached hydrogens (primary N) is 1. The van der Waals surface area contributed by atoms with Crippen molar-refractivity contribution in [2.24, 2.45) is 5.73 Å². The Hall–Kier alpha value is -3.92. The Bertz CT molecular complexity index is 1420. The van der Waals surface area contributed by atoms with Crippen molar-refractivity contribution in [3.63, 3.8) is 0 Å². The number of aromatic nitrogens is 2. The molecule has 4 rings (SSSR count). The number of anilines is 2. The van der Waals surface area contributed by atoms with Gasteiger partial charge in [-0.25, -0.2) is 0 Å². The Kier molecular flexibility index (Phi) is 11.5. The standard InChI is InChI=1S/C26H27Cl2N5O2.2CH2O/c1-26(2,29)25(34)30-14-16-7-4-8-17(13-16)15-33-20-11-6-12-21(35-3)22(20)24(32-33)31-19-10-5-9-18(27)23(19)28;2*1-2/h4-13H,14-15,29H2,1-3H3,(H,30,34)(H,31,32);2*1H2. The molecule has 0 radical (unpaired) electrons. The van der Waals surface area contributed by atoms with Gasteiger partial charge in [-0.15, -0.1) is 0 Å². The second-order valence-corrected chi connectivity index (χ2v) is 9.60. The first kappa shape index (κ1) is 31.3. The summed E-state index contributed by atoms with van der Waals surface area (Å²) in [4.78, 5) is 28.1. The van der Waals surface area contributed by atoms with E-state index >= 15 is 0 Å². The molecule has 0 bridgehead atoms.